The van der Waals surface area contributed by atoms with Crippen molar-refractivity contribution in [2.75, 3.05) is 6.54 Å². The Hall–Kier alpha value is -0.200. The summed E-state index contributed by atoms with van der Waals surface area (Å²) in [5.41, 5.74) is 5.10. The minimum absolute atomic E-state index is 0.0395. The van der Waals surface area contributed by atoms with Crippen molar-refractivity contribution in [2.45, 2.75) is 44.4 Å². The predicted octanol–water partition coefficient (Wildman–Crippen LogP) is 0.865. The summed E-state index contributed by atoms with van der Waals surface area (Å²) in [5.74, 6) is 0. The second kappa shape index (κ2) is 3.99. The summed E-state index contributed by atoms with van der Waals surface area (Å²) in [4.78, 5) is 0.0395. The lowest BCUT2D eigenvalue weighted by atomic mass is 10.0. The predicted molar refractivity (Wildman–Crippen MR) is 65.2 cm³/mol. The summed E-state index contributed by atoms with van der Waals surface area (Å²) >= 11 is 4.75. The van der Waals surface area contributed by atoms with Gasteiger partial charge in [0.15, 0.2) is 0 Å². The number of nitrogens with zero attached hydrogens (tertiary/aromatic N) is 1. The highest BCUT2D eigenvalue weighted by Gasteiger charge is 2.43. The molecule has 0 aromatic rings. The highest BCUT2D eigenvalue weighted by Crippen LogP contribution is 2.32. The van der Waals surface area contributed by atoms with Gasteiger partial charge in [0.2, 0.25) is 10.0 Å². The van der Waals surface area contributed by atoms with Gasteiger partial charge >= 0.3 is 0 Å². The molecule has 0 bridgehead atoms. The third-order valence-corrected chi connectivity index (χ3v) is 5.92. The zero-order valence-corrected chi connectivity index (χ0v) is 11.0. The molecule has 0 aromatic heterocycles. The van der Waals surface area contributed by atoms with Crippen molar-refractivity contribution in [1.82, 2.24) is 4.31 Å². The van der Waals surface area contributed by atoms with Crippen LogP contribution in [0, 0.1) is 0 Å². The molecule has 0 radical (unpaired) electrons. The molecule has 1 saturated heterocycles. The van der Waals surface area contributed by atoms with Crippen LogP contribution in [-0.2, 0) is 10.0 Å². The Kier molecular flexibility index (Phi) is 3.42. The molecule has 6 heteroatoms. The molecule has 1 atom stereocenters. The van der Waals surface area contributed by atoms with Crippen LogP contribution in [0.4, 0.5) is 0 Å². The quantitative estimate of drug-likeness (QED) is 0.755. The van der Waals surface area contributed by atoms with Gasteiger partial charge in [-0.2, -0.15) is 4.31 Å². The van der Waals surface area contributed by atoms with E-state index in [9.17, 15) is 8.42 Å². The monoisotopic (exact) mass is 250 g/mol. The molecular weight excluding hydrogens is 232 g/mol. The first-order valence-electron chi connectivity index (χ1n) is 5.00. The molecule has 0 aromatic carbocycles. The van der Waals surface area contributed by atoms with Gasteiger partial charge in [-0.3, -0.25) is 0 Å². The number of nitrogens with two attached hydrogens (primary N) is 1. The summed E-state index contributed by atoms with van der Waals surface area (Å²) in [7, 11) is -3.38. The Labute approximate surface area is 96.9 Å². The van der Waals surface area contributed by atoms with Crippen molar-refractivity contribution in [3.63, 3.8) is 0 Å². The first-order chi connectivity index (χ1) is 6.69. The molecule has 4 nitrogen and oxygen atoms in total. The molecule has 0 aliphatic carbocycles. The average Bonchev–Trinajstić information content (AvgIpc) is 2.44. The Bertz CT molecular complexity index is 362. The topological polar surface area (TPSA) is 63.4 Å². The first-order valence-corrected chi connectivity index (χ1v) is 6.92. The molecule has 1 aliphatic heterocycles. The molecule has 1 unspecified atom stereocenters. The Morgan fingerprint density at radius 2 is 2.07 bits per heavy atom. The number of rotatable bonds is 3. The molecule has 0 saturated carbocycles. The van der Waals surface area contributed by atoms with Crippen molar-refractivity contribution in [3.05, 3.63) is 0 Å². The molecular formula is C9H18N2O2S2. The summed E-state index contributed by atoms with van der Waals surface area (Å²) in [6.07, 6.45) is 1.78. The normalized spacial score (nSPS) is 23.9. The molecule has 15 heavy (non-hydrogen) atoms. The molecule has 1 heterocycles. The van der Waals surface area contributed by atoms with E-state index in [1.807, 2.05) is 13.8 Å². The largest absolute Gasteiger partial charge is 0.392 e. The van der Waals surface area contributed by atoms with Gasteiger partial charge in [0, 0.05) is 12.1 Å². The second-order valence-electron chi connectivity index (χ2n) is 4.58. The first kappa shape index (κ1) is 12.9. The van der Waals surface area contributed by atoms with E-state index in [0.717, 1.165) is 12.8 Å². The van der Waals surface area contributed by atoms with Crippen LogP contribution < -0.4 is 5.73 Å². The maximum Gasteiger partial charge on any atom is 0.223 e. The van der Waals surface area contributed by atoms with Crippen LogP contribution in [0.5, 0.6) is 0 Å². The third kappa shape index (κ3) is 2.32. The van der Waals surface area contributed by atoms with E-state index >= 15 is 0 Å². The molecule has 0 amide bonds. The Morgan fingerprint density at radius 3 is 2.40 bits per heavy atom. The van der Waals surface area contributed by atoms with Gasteiger partial charge in [-0.1, -0.05) is 12.2 Å². The summed E-state index contributed by atoms with van der Waals surface area (Å²) in [5, 5.41) is -0.773. The number of thiocarbonyl (C=S) groups is 1. The van der Waals surface area contributed by atoms with Crippen molar-refractivity contribution < 1.29 is 8.42 Å². The van der Waals surface area contributed by atoms with Gasteiger partial charge in [0.05, 0.1) is 4.99 Å². The molecule has 0 spiro atoms. The zero-order chi connectivity index (χ0) is 11.9. The van der Waals surface area contributed by atoms with Crippen LogP contribution in [0.2, 0.25) is 0 Å². The fourth-order valence-corrected chi connectivity index (χ4v) is 4.10. The SMILES string of the molecule is CC(C(N)=S)S(=O)(=O)N1CCCC1(C)C. The van der Waals surface area contributed by atoms with E-state index in [0.29, 0.717) is 6.54 Å². The Balaban J connectivity index is 3.02. The van der Waals surface area contributed by atoms with Gasteiger partial charge in [-0.15, -0.1) is 0 Å². The average molecular weight is 250 g/mol. The summed E-state index contributed by atoms with van der Waals surface area (Å²) in [6, 6.07) is 0. The summed E-state index contributed by atoms with van der Waals surface area (Å²) in [6.45, 7) is 5.99. The third-order valence-electron chi connectivity index (χ3n) is 2.98. The second-order valence-corrected chi connectivity index (χ2v) is 7.23. The minimum Gasteiger partial charge on any atom is -0.392 e. The lowest BCUT2D eigenvalue weighted by Crippen LogP contribution is -2.49. The Morgan fingerprint density at radius 1 is 1.53 bits per heavy atom. The lowest BCUT2D eigenvalue weighted by molar-refractivity contribution is 0.291. The van der Waals surface area contributed by atoms with Crippen LogP contribution in [-0.4, -0.2) is 35.0 Å². The van der Waals surface area contributed by atoms with E-state index in [2.05, 4.69) is 0 Å². The maximum atomic E-state index is 12.1. The smallest absolute Gasteiger partial charge is 0.223 e. The van der Waals surface area contributed by atoms with Crippen LogP contribution in [0.3, 0.4) is 0 Å². The van der Waals surface area contributed by atoms with Crippen LogP contribution in [0.25, 0.3) is 0 Å². The number of sulfonamides is 1. The minimum atomic E-state index is -3.38. The summed E-state index contributed by atoms with van der Waals surface area (Å²) < 4.78 is 25.8. The van der Waals surface area contributed by atoms with E-state index in [1.54, 1.807) is 6.92 Å². The zero-order valence-electron chi connectivity index (χ0n) is 9.36. The van der Waals surface area contributed by atoms with Crippen LogP contribution in [0.1, 0.15) is 33.6 Å². The van der Waals surface area contributed by atoms with E-state index in [-0.39, 0.29) is 10.5 Å². The van der Waals surface area contributed by atoms with Gasteiger partial charge in [-0.05, 0) is 33.6 Å². The molecule has 1 fully saturated rings. The van der Waals surface area contributed by atoms with Gasteiger partial charge in [0.25, 0.3) is 0 Å². The van der Waals surface area contributed by atoms with Gasteiger partial charge in [0.1, 0.15) is 5.25 Å². The molecule has 88 valence electrons. The lowest BCUT2D eigenvalue weighted by Gasteiger charge is -2.32. The molecule has 1 rings (SSSR count). The van der Waals surface area contributed by atoms with Crippen LogP contribution >= 0.6 is 12.2 Å². The van der Waals surface area contributed by atoms with Gasteiger partial charge in [-0.25, -0.2) is 8.42 Å². The fraction of sp³-hybridized carbons (Fsp3) is 0.889. The van der Waals surface area contributed by atoms with Crippen molar-refractivity contribution in [1.29, 1.82) is 0 Å². The van der Waals surface area contributed by atoms with Crippen molar-refractivity contribution in [3.8, 4) is 0 Å². The van der Waals surface area contributed by atoms with E-state index in [1.165, 1.54) is 4.31 Å². The standard InChI is InChI=1S/C9H18N2O2S2/c1-7(8(10)14)15(12,13)11-6-4-5-9(11,2)3/h7H,4-6H2,1-3H3,(H2,10,14). The van der Waals surface area contributed by atoms with Gasteiger partial charge < -0.3 is 5.73 Å². The van der Waals surface area contributed by atoms with Crippen LogP contribution in [0.15, 0.2) is 0 Å². The maximum absolute atomic E-state index is 12.1. The molecule has 1 aliphatic rings. The molecule has 2 N–H and O–H groups in total. The van der Waals surface area contributed by atoms with E-state index < -0.39 is 15.3 Å². The van der Waals surface area contributed by atoms with Crippen molar-refractivity contribution in [2.24, 2.45) is 5.73 Å². The highest BCUT2D eigenvalue weighted by molar-refractivity contribution is 7.92. The highest BCUT2D eigenvalue weighted by atomic mass is 32.2. The fourth-order valence-electron chi connectivity index (χ4n) is 1.89. The van der Waals surface area contributed by atoms with E-state index in [4.69, 9.17) is 18.0 Å². The number of hydrogen-bond donors (Lipinski definition) is 1. The van der Waals surface area contributed by atoms with Crippen molar-refractivity contribution >= 4 is 27.2 Å². The number of hydrogen-bond acceptors (Lipinski definition) is 3.